The molecule has 7 nitrogen and oxygen atoms in total. The van der Waals surface area contributed by atoms with Crippen molar-refractivity contribution in [2.45, 2.75) is 68.6 Å². The molecular weight excluding hydrogens is 392 g/mol. The van der Waals surface area contributed by atoms with E-state index in [2.05, 4.69) is 9.62 Å². The molecule has 1 aromatic rings. The Morgan fingerprint density at radius 3 is 2.38 bits per heavy atom. The van der Waals surface area contributed by atoms with E-state index in [1.54, 1.807) is 30.3 Å². The molecule has 1 saturated heterocycles. The first-order chi connectivity index (χ1) is 13.9. The van der Waals surface area contributed by atoms with Crippen molar-refractivity contribution in [3.63, 3.8) is 0 Å². The van der Waals surface area contributed by atoms with Crippen LogP contribution in [-0.2, 0) is 19.5 Å². The summed E-state index contributed by atoms with van der Waals surface area (Å²) in [6, 6.07) is 9.17. The van der Waals surface area contributed by atoms with Gasteiger partial charge in [0.25, 0.3) is 21.0 Å². The number of nitrogens with one attached hydrogen (secondary N) is 1. The highest BCUT2D eigenvalue weighted by Gasteiger charge is 2.47. The average Bonchev–Trinajstić information content (AvgIpc) is 3.41. The fourth-order valence-electron chi connectivity index (χ4n) is 4.72. The van der Waals surface area contributed by atoms with Crippen LogP contribution in [0, 0.1) is 0 Å². The zero-order valence-electron chi connectivity index (χ0n) is 17.3. The van der Waals surface area contributed by atoms with Crippen molar-refractivity contribution in [3.8, 4) is 0 Å². The Bertz CT molecular complexity index is 774. The fraction of sp³-hybridized carbons (Fsp3) is 0.667. The predicted molar refractivity (Wildman–Crippen MR) is 111 cm³/mol. The third-order valence-corrected chi connectivity index (χ3v) is 8.11. The number of hydrogen-bond donors (Lipinski definition) is 1. The van der Waals surface area contributed by atoms with Gasteiger partial charge in [-0.25, -0.2) is 13.1 Å². The maximum absolute atomic E-state index is 13.0. The van der Waals surface area contributed by atoms with E-state index in [4.69, 9.17) is 9.47 Å². The van der Waals surface area contributed by atoms with Gasteiger partial charge >= 0.3 is 0 Å². The molecule has 1 saturated carbocycles. The maximum atomic E-state index is 13.0. The number of carbonyl (C=O) groups is 1. The summed E-state index contributed by atoms with van der Waals surface area (Å²) >= 11 is 0. The van der Waals surface area contributed by atoms with Crippen molar-refractivity contribution in [3.05, 3.63) is 35.9 Å². The van der Waals surface area contributed by atoms with Crippen LogP contribution in [0.4, 0.5) is 0 Å². The van der Waals surface area contributed by atoms with Gasteiger partial charge in [-0.2, -0.15) is 0 Å². The first-order valence-corrected chi connectivity index (χ1v) is 11.9. The molecule has 162 valence electrons. The lowest BCUT2D eigenvalue weighted by Crippen LogP contribution is -2.51. The lowest BCUT2D eigenvalue weighted by molar-refractivity contribution is -0.148. The van der Waals surface area contributed by atoms with Crippen LogP contribution in [0.15, 0.2) is 30.3 Å². The normalized spacial score (nSPS) is 21.5. The first-order valence-electron chi connectivity index (χ1n) is 10.4. The van der Waals surface area contributed by atoms with E-state index in [0.717, 1.165) is 19.4 Å². The summed E-state index contributed by atoms with van der Waals surface area (Å²) in [6.45, 7) is 1.07. The molecule has 1 N–H and O–H groups in total. The molecule has 3 rings (SSSR count). The van der Waals surface area contributed by atoms with E-state index in [-0.39, 0.29) is 12.0 Å². The first kappa shape index (κ1) is 22.2. The van der Waals surface area contributed by atoms with E-state index < -0.39 is 21.0 Å². The van der Waals surface area contributed by atoms with Crippen LogP contribution < -0.4 is 4.72 Å². The summed E-state index contributed by atoms with van der Waals surface area (Å²) in [5, 5.41) is -1.90. The predicted octanol–water partition coefficient (Wildman–Crippen LogP) is 2.88. The Hall–Kier alpha value is -1.48. The second-order valence-electron chi connectivity index (χ2n) is 7.90. The van der Waals surface area contributed by atoms with Crippen molar-refractivity contribution < 1.29 is 22.7 Å². The second kappa shape index (κ2) is 9.55. The monoisotopic (exact) mass is 424 g/mol. The number of ether oxygens (including phenoxy) is 2. The third kappa shape index (κ3) is 4.82. The number of sulfonamides is 1. The van der Waals surface area contributed by atoms with Crippen LogP contribution in [-0.4, -0.2) is 57.2 Å². The fourth-order valence-corrected chi connectivity index (χ4v) is 6.06. The van der Waals surface area contributed by atoms with Crippen molar-refractivity contribution in [2.75, 3.05) is 20.8 Å². The number of carbonyl (C=O) groups excluding carboxylic acids is 1. The van der Waals surface area contributed by atoms with E-state index in [1.807, 2.05) is 0 Å². The van der Waals surface area contributed by atoms with Crippen molar-refractivity contribution in [1.29, 1.82) is 0 Å². The molecule has 1 aliphatic heterocycles. The molecular formula is C21H32N2O5S. The van der Waals surface area contributed by atoms with E-state index in [0.29, 0.717) is 18.5 Å². The van der Waals surface area contributed by atoms with Gasteiger partial charge in [-0.1, -0.05) is 31.0 Å². The highest BCUT2D eigenvalue weighted by atomic mass is 32.2. The molecule has 1 aromatic carbocycles. The van der Waals surface area contributed by atoms with E-state index in [9.17, 15) is 13.2 Å². The summed E-state index contributed by atoms with van der Waals surface area (Å²) in [5.41, 5.74) is 0.264. The highest BCUT2D eigenvalue weighted by Crippen LogP contribution is 2.34. The number of methoxy groups -OCH3 is 2. The number of hydrogen-bond acceptors (Lipinski definition) is 6. The zero-order chi connectivity index (χ0) is 20.9. The van der Waals surface area contributed by atoms with Crippen LogP contribution >= 0.6 is 0 Å². The highest BCUT2D eigenvalue weighted by molar-refractivity contribution is 7.91. The maximum Gasteiger partial charge on any atom is 0.293 e. The molecule has 0 aromatic heterocycles. The summed E-state index contributed by atoms with van der Waals surface area (Å²) < 4.78 is 38.9. The van der Waals surface area contributed by atoms with Crippen molar-refractivity contribution in [1.82, 2.24) is 9.62 Å². The Morgan fingerprint density at radius 2 is 1.76 bits per heavy atom. The molecule has 1 atom stereocenters. The van der Waals surface area contributed by atoms with Gasteiger partial charge in [0.15, 0.2) is 0 Å². The molecule has 0 radical (unpaired) electrons. The molecule has 0 bridgehead atoms. The Morgan fingerprint density at radius 1 is 1.10 bits per heavy atom. The van der Waals surface area contributed by atoms with E-state index >= 15 is 0 Å². The topological polar surface area (TPSA) is 84.9 Å². The van der Waals surface area contributed by atoms with Crippen molar-refractivity contribution >= 4 is 15.9 Å². The molecule has 0 spiro atoms. The smallest absolute Gasteiger partial charge is 0.293 e. The quantitative estimate of drug-likeness (QED) is 0.614. The van der Waals surface area contributed by atoms with Crippen molar-refractivity contribution in [2.24, 2.45) is 0 Å². The molecule has 29 heavy (non-hydrogen) atoms. The van der Waals surface area contributed by atoms with Gasteiger partial charge < -0.3 is 9.47 Å². The number of rotatable bonds is 9. The standard InChI is InChI=1S/C21H32N2O5S/c1-27-21(28-2,29(25,26)22-20(24)17-9-4-3-5-10-17)15-14-19-13-8-16-23(19)18-11-6-7-12-18/h3-5,9-10,18-19H,6-8,11-16H2,1-2H3,(H,22,24). The van der Waals surface area contributed by atoms with E-state index in [1.165, 1.54) is 39.9 Å². The van der Waals surface area contributed by atoms with Gasteiger partial charge in [0.1, 0.15) is 0 Å². The second-order valence-corrected chi connectivity index (χ2v) is 9.74. The van der Waals surface area contributed by atoms with Crippen LogP contribution in [0.5, 0.6) is 0 Å². The lowest BCUT2D eigenvalue weighted by atomic mass is 10.1. The molecule has 1 amide bonds. The molecule has 1 aliphatic carbocycles. The van der Waals surface area contributed by atoms with Crippen LogP contribution in [0.25, 0.3) is 0 Å². The van der Waals surface area contributed by atoms with Gasteiger partial charge in [0.05, 0.1) is 0 Å². The molecule has 2 aliphatic rings. The van der Waals surface area contributed by atoms with Crippen LogP contribution in [0.2, 0.25) is 0 Å². The molecule has 8 heteroatoms. The van der Waals surface area contributed by atoms with Gasteiger partial charge in [-0.15, -0.1) is 0 Å². The summed E-state index contributed by atoms with van der Waals surface area (Å²) in [4.78, 5) is 15.0. The molecule has 1 heterocycles. The minimum atomic E-state index is -4.22. The summed E-state index contributed by atoms with van der Waals surface area (Å²) in [7, 11) is -1.61. The van der Waals surface area contributed by atoms with Crippen LogP contribution in [0.3, 0.4) is 0 Å². The largest absolute Gasteiger partial charge is 0.339 e. The molecule has 1 unspecified atom stereocenters. The third-order valence-electron chi connectivity index (χ3n) is 6.29. The number of likely N-dealkylation sites (tertiary alicyclic amines) is 1. The lowest BCUT2D eigenvalue weighted by Gasteiger charge is -2.34. The Balaban J connectivity index is 1.70. The SMILES string of the molecule is COC(CCC1CCCN1C1CCCC1)(OC)S(=O)(=O)NC(=O)c1ccccc1. The van der Waals surface area contributed by atoms with Gasteiger partial charge in [-0.3, -0.25) is 9.69 Å². The van der Waals surface area contributed by atoms with Gasteiger partial charge in [0, 0.05) is 38.3 Å². The molecule has 2 fully saturated rings. The Kier molecular flexibility index (Phi) is 7.32. The number of amides is 1. The van der Waals surface area contributed by atoms with Crippen LogP contribution in [0.1, 0.15) is 61.7 Å². The minimum absolute atomic E-state index is 0.158. The zero-order valence-corrected chi connectivity index (χ0v) is 18.1. The van der Waals surface area contributed by atoms with Gasteiger partial charge in [0.2, 0.25) is 0 Å². The summed E-state index contributed by atoms with van der Waals surface area (Å²) in [5.74, 6) is -0.697. The average molecular weight is 425 g/mol. The summed E-state index contributed by atoms with van der Waals surface area (Å²) in [6.07, 6.45) is 7.97. The number of benzene rings is 1. The number of nitrogens with zero attached hydrogens (tertiary/aromatic N) is 1. The van der Waals surface area contributed by atoms with Gasteiger partial charge in [-0.05, 0) is 50.8 Å². The minimum Gasteiger partial charge on any atom is -0.339 e. The Labute approximate surface area is 173 Å².